The van der Waals surface area contributed by atoms with Crippen LogP contribution in [-0.2, 0) is 9.31 Å². The number of hydrogen-bond donors (Lipinski definition) is 2. The Morgan fingerprint density at radius 1 is 1.39 bits per heavy atom. The Balaban J connectivity index is 2.30. The molecule has 1 fully saturated rings. The standard InChI is InChI=1S/C15H20BClN2O4/c1-14(2)15(3,4)23-16(22-14)10(7-18)5-9-6-11(17)12(13(20)21)19-8-9/h5-6,8H,7,18H2,1-4H3,(H,20,21). The van der Waals surface area contributed by atoms with E-state index < -0.39 is 24.3 Å². The first-order chi connectivity index (χ1) is 10.6. The molecular weight excluding hydrogens is 318 g/mol. The summed E-state index contributed by atoms with van der Waals surface area (Å²) in [6.45, 7) is 8.07. The molecule has 1 aliphatic heterocycles. The largest absolute Gasteiger partial charge is 0.491 e. The predicted octanol–water partition coefficient (Wildman–Crippen LogP) is 2.41. The molecule has 1 aromatic heterocycles. The van der Waals surface area contributed by atoms with E-state index in [1.54, 1.807) is 6.08 Å². The molecule has 0 aromatic carbocycles. The maximum atomic E-state index is 10.9. The van der Waals surface area contributed by atoms with Gasteiger partial charge in [0.05, 0.1) is 16.2 Å². The number of aromatic nitrogens is 1. The summed E-state index contributed by atoms with van der Waals surface area (Å²) in [5, 5.41) is 9.02. The van der Waals surface area contributed by atoms with Crippen LogP contribution in [0.1, 0.15) is 43.7 Å². The number of pyridine rings is 1. The lowest BCUT2D eigenvalue weighted by atomic mass is 9.77. The van der Waals surface area contributed by atoms with E-state index in [-0.39, 0.29) is 17.3 Å². The number of rotatable bonds is 4. The van der Waals surface area contributed by atoms with Gasteiger partial charge in [0.1, 0.15) is 0 Å². The molecule has 124 valence electrons. The number of hydrogen-bond acceptors (Lipinski definition) is 5. The molecule has 0 bridgehead atoms. The van der Waals surface area contributed by atoms with Crippen LogP contribution in [0.5, 0.6) is 0 Å². The molecule has 23 heavy (non-hydrogen) atoms. The summed E-state index contributed by atoms with van der Waals surface area (Å²) in [6, 6.07) is 1.53. The first kappa shape index (κ1) is 17.9. The number of nitrogens with two attached hydrogens (primary N) is 1. The molecule has 0 atom stereocenters. The van der Waals surface area contributed by atoms with Crippen LogP contribution in [-0.4, -0.2) is 40.9 Å². The third-order valence-corrected chi connectivity index (χ3v) is 4.50. The molecule has 0 saturated carbocycles. The van der Waals surface area contributed by atoms with Crippen molar-refractivity contribution in [3.63, 3.8) is 0 Å². The Hall–Kier alpha value is -1.41. The monoisotopic (exact) mass is 338 g/mol. The molecule has 8 heteroatoms. The molecule has 0 unspecified atom stereocenters. The van der Waals surface area contributed by atoms with E-state index in [4.69, 9.17) is 31.7 Å². The minimum absolute atomic E-state index is 0.0662. The van der Waals surface area contributed by atoms with Gasteiger partial charge in [-0.1, -0.05) is 17.7 Å². The van der Waals surface area contributed by atoms with E-state index in [9.17, 15) is 4.79 Å². The quantitative estimate of drug-likeness (QED) is 0.819. The summed E-state index contributed by atoms with van der Waals surface area (Å²) in [5.41, 5.74) is 6.07. The zero-order valence-corrected chi connectivity index (χ0v) is 14.3. The lowest BCUT2D eigenvalue weighted by molar-refractivity contribution is 0.00578. The maximum Gasteiger partial charge on any atom is 0.491 e. The van der Waals surface area contributed by atoms with Crippen molar-refractivity contribution < 1.29 is 19.2 Å². The first-order valence-electron chi connectivity index (χ1n) is 7.22. The lowest BCUT2D eigenvalue weighted by Gasteiger charge is -2.32. The van der Waals surface area contributed by atoms with Crippen molar-refractivity contribution in [1.82, 2.24) is 4.98 Å². The Bertz CT molecular complexity index is 645. The highest BCUT2D eigenvalue weighted by Gasteiger charge is 2.52. The van der Waals surface area contributed by atoms with Crippen LogP contribution in [0, 0.1) is 0 Å². The van der Waals surface area contributed by atoms with Gasteiger partial charge in [0.2, 0.25) is 0 Å². The highest BCUT2D eigenvalue weighted by atomic mass is 35.5. The molecule has 3 N–H and O–H groups in total. The second kappa shape index (κ2) is 6.24. The third-order valence-electron chi connectivity index (χ3n) is 4.21. The average Bonchev–Trinajstić information content (AvgIpc) is 2.64. The van der Waals surface area contributed by atoms with Crippen molar-refractivity contribution in [2.24, 2.45) is 5.73 Å². The smallest absolute Gasteiger partial charge is 0.476 e. The van der Waals surface area contributed by atoms with Crippen molar-refractivity contribution in [1.29, 1.82) is 0 Å². The summed E-state index contributed by atoms with van der Waals surface area (Å²) in [5.74, 6) is -1.17. The van der Waals surface area contributed by atoms with Crippen LogP contribution in [0.4, 0.5) is 0 Å². The van der Waals surface area contributed by atoms with E-state index in [1.807, 2.05) is 27.7 Å². The van der Waals surface area contributed by atoms with Gasteiger partial charge >= 0.3 is 13.1 Å². The van der Waals surface area contributed by atoms with Gasteiger partial charge in [-0.15, -0.1) is 0 Å². The van der Waals surface area contributed by atoms with Gasteiger partial charge in [-0.25, -0.2) is 9.78 Å². The molecule has 2 rings (SSSR count). The van der Waals surface area contributed by atoms with Crippen molar-refractivity contribution in [2.75, 3.05) is 6.54 Å². The van der Waals surface area contributed by atoms with Crippen molar-refractivity contribution >= 4 is 30.8 Å². The van der Waals surface area contributed by atoms with Crippen LogP contribution in [0.25, 0.3) is 6.08 Å². The Labute approximate surface area is 140 Å². The molecule has 1 aromatic rings. The van der Waals surface area contributed by atoms with Crippen LogP contribution < -0.4 is 5.73 Å². The SMILES string of the molecule is CC1(C)OB(C(=Cc2cnc(C(=O)O)c(Cl)c2)CN)OC1(C)C. The minimum atomic E-state index is -1.17. The van der Waals surface area contributed by atoms with Crippen LogP contribution >= 0.6 is 11.6 Å². The molecule has 2 heterocycles. The van der Waals surface area contributed by atoms with Gasteiger partial charge in [-0.05, 0) is 44.8 Å². The molecule has 1 aliphatic rings. The molecule has 0 aliphatic carbocycles. The lowest BCUT2D eigenvalue weighted by Crippen LogP contribution is -2.41. The molecule has 1 saturated heterocycles. The second-order valence-electron chi connectivity index (χ2n) is 6.42. The van der Waals surface area contributed by atoms with E-state index in [0.29, 0.717) is 5.56 Å². The number of carboxylic acid groups (broad SMARTS) is 1. The van der Waals surface area contributed by atoms with Gasteiger partial charge in [-0.2, -0.15) is 0 Å². The molecular formula is C15H20BClN2O4. The van der Waals surface area contributed by atoms with Crippen molar-refractivity contribution in [2.45, 2.75) is 38.9 Å². The number of aromatic carboxylic acids is 1. The third kappa shape index (κ3) is 3.58. The van der Waals surface area contributed by atoms with Gasteiger partial charge < -0.3 is 20.1 Å². The summed E-state index contributed by atoms with van der Waals surface area (Å²) in [7, 11) is -0.567. The summed E-state index contributed by atoms with van der Waals surface area (Å²) in [6.07, 6.45) is 3.18. The Morgan fingerprint density at radius 2 is 1.96 bits per heavy atom. The molecule has 0 amide bonds. The van der Waals surface area contributed by atoms with E-state index in [1.165, 1.54) is 12.3 Å². The average molecular weight is 339 g/mol. The summed E-state index contributed by atoms with van der Waals surface area (Å²) in [4.78, 5) is 14.8. The van der Waals surface area contributed by atoms with Gasteiger partial charge in [0.15, 0.2) is 5.69 Å². The first-order valence-corrected chi connectivity index (χ1v) is 7.60. The Kier molecular flexibility index (Phi) is 4.87. The van der Waals surface area contributed by atoms with Crippen LogP contribution in [0.3, 0.4) is 0 Å². The van der Waals surface area contributed by atoms with Crippen molar-refractivity contribution in [3.05, 3.63) is 34.0 Å². The Morgan fingerprint density at radius 3 is 2.39 bits per heavy atom. The fourth-order valence-electron chi connectivity index (χ4n) is 2.12. The number of halogens is 1. The highest BCUT2D eigenvalue weighted by molar-refractivity contribution is 6.55. The molecule has 0 radical (unpaired) electrons. The van der Waals surface area contributed by atoms with E-state index in [0.717, 1.165) is 5.47 Å². The highest BCUT2D eigenvalue weighted by Crippen LogP contribution is 2.38. The number of nitrogens with zero attached hydrogens (tertiary/aromatic N) is 1. The predicted molar refractivity (Wildman–Crippen MR) is 89.3 cm³/mol. The van der Waals surface area contributed by atoms with Crippen LogP contribution in [0.2, 0.25) is 5.02 Å². The zero-order valence-electron chi connectivity index (χ0n) is 13.6. The van der Waals surface area contributed by atoms with Crippen molar-refractivity contribution in [3.8, 4) is 0 Å². The summed E-state index contributed by atoms with van der Waals surface area (Å²) < 4.78 is 11.9. The minimum Gasteiger partial charge on any atom is -0.476 e. The fraction of sp³-hybridized carbons (Fsp3) is 0.467. The number of carboxylic acids is 1. The second-order valence-corrected chi connectivity index (χ2v) is 6.82. The zero-order chi connectivity index (χ0) is 17.4. The summed E-state index contributed by atoms with van der Waals surface area (Å²) >= 11 is 5.93. The van der Waals surface area contributed by atoms with Gasteiger partial charge in [0, 0.05) is 12.7 Å². The topological polar surface area (TPSA) is 94.7 Å². The molecule has 6 nitrogen and oxygen atoms in total. The van der Waals surface area contributed by atoms with Gasteiger partial charge in [0.25, 0.3) is 0 Å². The van der Waals surface area contributed by atoms with Gasteiger partial charge in [-0.3, -0.25) is 0 Å². The molecule has 0 spiro atoms. The normalized spacial score (nSPS) is 19.9. The van der Waals surface area contributed by atoms with E-state index >= 15 is 0 Å². The fourth-order valence-corrected chi connectivity index (χ4v) is 2.38. The maximum absolute atomic E-state index is 10.9. The number of carbonyl (C=O) groups is 1. The van der Waals surface area contributed by atoms with E-state index in [2.05, 4.69) is 4.98 Å². The van der Waals surface area contributed by atoms with Crippen LogP contribution in [0.15, 0.2) is 17.7 Å².